The maximum atomic E-state index is 12.1. The van der Waals surface area contributed by atoms with Crippen LogP contribution in [0.3, 0.4) is 0 Å². The Labute approximate surface area is 95.5 Å². The van der Waals surface area contributed by atoms with Crippen LogP contribution in [0.15, 0.2) is 21.7 Å². The van der Waals surface area contributed by atoms with E-state index in [9.17, 15) is 18.9 Å². The van der Waals surface area contributed by atoms with Gasteiger partial charge in [0.2, 0.25) is 0 Å². The molecule has 0 aliphatic heterocycles. The average Bonchev–Trinajstić information content (AvgIpc) is 2.61. The Morgan fingerprint density at radius 1 is 1.65 bits per heavy atom. The summed E-state index contributed by atoms with van der Waals surface area (Å²) < 4.78 is 29.2. The van der Waals surface area contributed by atoms with Crippen LogP contribution in [0.2, 0.25) is 0 Å². The highest BCUT2D eigenvalue weighted by atomic mass is 19.3. The van der Waals surface area contributed by atoms with Crippen molar-refractivity contribution in [2.75, 3.05) is 5.32 Å². The molecule has 17 heavy (non-hydrogen) atoms. The number of halogens is 2. The molecule has 1 atom stereocenters. The van der Waals surface area contributed by atoms with Gasteiger partial charge >= 0.3 is 6.55 Å². The molecule has 0 aliphatic carbocycles. The van der Waals surface area contributed by atoms with Crippen LogP contribution in [0.4, 0.5) is 14.5 Å². The van der Waals surface area contributed by atoms with Crippen molar-refractivity contribution < 1.29 is 18.1 Å². The number of furan rings is 1. The third-order valence-electron chi connectivity index (χ3n) is 1.95. The van der Waals surface area contributed by atoms with E-state index < -0.39 is 23.4 Å². The molecule has 0 fully saturated rings. The van der Waals surface area contributed by atoms with Crippen LogP contribution in [0.5, 0.6) is 0 Å². The number of nitrogens with zero attached hydrogens (tertiary/aromatic N) is 2. The molecule has 1 rings (SSSR count). The molecule has 0 saturated carbocycles. The maximum absolute atomic E-state index is 12.1. The van der Waals surface area contributed by atoms with Crippen LogP contribution in [-0.4, -0.2) is 23.4 Å². The Hall–Kier alpha value is -1.99. The van der Waals surface area contributed by atoms with Crippen molar-refractivity contribution in [3.63, 3.8) is 0 Å². The number of nitro groups is 1. The maximum Gasteiger partial charge on any atom is 0.333 e. The summed E-state index contributed by atoms with van der Waals surface area (Å²) in [5.74, 6) is 0.142. The van der Waals surface area contributed by atoms with Gasteiger partial charge in [-0.3, -0.25) is 10.1 Å². The van der Waals surface area contributed by atoms with Crippen molar-refractivity contribution >= 4 is 11.5 Å². The van der Waals surface area contributed by atoms with Crippen LogP contribution >= 0.6 is 0 Å². The van der Waals surface area contributed by atoms with Gasteiger partial charge in [-0.1, -0.05) is 0 Å². The lowest BCUT2D eigenvalue weighted by atomic mass is 10.3. The minimum Gasteiger partial charge on any atom is -0.467 e. The summed E-state index contributed by atoms with van der Waals surface area (Å²) in [6.45, 7) is -0.180. The largest absolute Gasteiger partial charge is 0.467 e. The average molecular weight is 247 g/mol. The lowest BCUT2D eigenvalue weighted by molar-refractivity contribution is -0.498. The molecule has 0 radical (unpaired) electrons. The molecule has 0 bridgehead atoms. The number of aryl methyl sites for hydroxylation is 1. The van der Waals surface area contributed by atoms with Crippen molar-refractivity contribution in [2.24, 2.45) is 4.99 Å². The lowest BCUT2D eigenvalue weighted by Crippen LogP contribution is -2.32. The molecular weight excluding hydrogens is 236 g/mol. The van der Waals surface area contributed by atoms with Crippen molar-refractivity contribution in [1.29, 1.82) is 0 Å². The highest BCUT2D eigenvalue weighted by Crippen LogP contribution is 2.13. The molecule has 6 nitrogen and oxygen atoms in total. The van der Waals surface area contributed by atoms with E-state index >= 15 is 0 Å². The molecular formula is C9H11F2N3O3. The molecule has 1 heterocycles. The first-order valence-corrected chi connectivity index (χ1v) is 4.71. The highest BCUT2D eigenvalue weighted by Gasteiger charge is 2.23. The van der Waals surface area contributed by atoms with Crippen molar-refractivity contribution in [2.45, 2.75) is 26.4 Å². The summed E-state index contributed by atoms with van der Waals surface area (Å²) in [5.41, 5.74) is 0.343. The first-order chi connectivity index (χ1) is 7.90. The number of anilines is 1. The first-order valence-electron chi connectivity index (χ1n) is 4.71. The summed E-state index contributed by atoms with van der Waals surface area (Å²) in [6.07, 6.45) is 1.27. The predicted octanol–water partition coefficient (Wildman–Crippen LogP) is 2.29. The van der Waals surface area contributed by atoms with Gasteiger partial charge < -0.3 is 9.73 Å². The Morgan fingerprint density at radius 3 is 2.71 bits per heavy atom. The third-order valence-corrected chi connectivity index (χ3v) is 1.95. The smallest absolute Gasteiger partial charge is 0.333 e. The summed E-state index contributed by atoms with van der Waals surface area (Å²) in [6, 6.07) is 0.174. The third kappa shape index (κ3) is 3.82. The monoisotopic (exact) mass is 247 g/mol. The molecule has 0 aliphatic rings. The zero-order valence-corrected chi connectivity index (χ0v) is 9.18. The fourth-order valence-corrected chi connectivity index (χ4v) is 1.11. The second-order valence-corrected chi connectivity index (χ2v) is 3.32. The van der Waals surface area contributed by atoms with E-state index in [2.05, 4.69) is 10.3 Å². The number of hydrogen-bond acceptors (Lipinski definition) is 4. The van der Waals surface area contributed by atoms with Gasteiger partial charge in [-0.2, -0.15) is 13.8 Å². The standard InChI is InChI=1S/C9H11F2N3O3/c1-5-3-7(4-17-5)12-8(13-9(10)11)6(2)14(15)16/h3-4,6,9H,1-2H3,(H,12,13). The van der Waals surface area contributed by atoms with E-state index in [0.717, 1.165) is 0 Å². The molecule has 1 unspecified atom stereocenters. The molecule has 0 aromatic carbocycles. The Kier molecular flexibility index (Phi) is 4.13. The normalized spacial score (nSPS) is 13.8. The van der Waals surface area contributed by atoms with E-state index in [1.54, 1.807) is 6.92 Å². The SMILES string of the molecule is Cc1cc(NC(=NC(F)F)C(C)[N+](=O)[O-])co1. The van der Waals surface area contributed by atoms with E-state index in [-0.39, 0.29) is 0 Å². The fraction of sp³-hybridized carbons (Fsp3) is 0.444. The molecule has 1 aromatic heterocycles. The number of hydrogen-bond donors (Lipinski definition) is 1. The first kappa shape index (κ1) is 13.1. The van der Waals surface area contributed by atoms with Gasteiger partial charge in [-0.25, -0.2) is 0 Å². The van der Waals surface area contributed by atoms with E-state index in [4.69, 9.17) is 4.42 Å². The number of nitrogens with one attached hydrogen (secondary N) is 1. The second kappa shape index (κ2) is 5.37. The Morgan fingerprint density at radius 2 is 2.29 bits per heavy atom. The number of alkyl halides is 2. The highest BCUT2D eigenvalue weighted by molar-refractivity contribution is 5.98. The van der Waals surface area contributed by atoms with Crippen LogP contribution < -0.4 is 5.32 Å². The quantitative estimate of drug-likeness (QED) is 0.291. The van der Waals surface area contributed by atoms with E-state index in [1.807, 2.05) is 0 Å². The summed E-state index contributed by atoms with van der Waals surface area (Å²) in [4.78, 5) is 12.7. The van der Waals surface area contributed by atoms with Gasteiger partial charge in [0, 0.05) is 17.9 Å². The van der Waals surface area contributed by atoms with Gasteiger partial charge in [0.25, 0.3) is 6.04 Å². The fourth-order valence-electron chi connectivity index (χ4n) is 1.11. The van der Waals surface area contributed by atoms with Crippen molar-refractivity contribution in [1.82, 2.24) is 0 Å². The molecule has 94 valence electrons. The zero-order valence-electron chi connectivity index (χ0n) is 9.18. The van der Waals surface area contributed by atoms with Crippen molar-refractivity contribution in [3.8, 4) is 0 Å². The lowest BCUT2D eigenvalue weighted by Gasteiger charge is -2.09. The number of aliphatic imine (C=N–C) groups is 1. The van der Waals surface area contributed by atoms with Crippen LogP contribution in [-0.2, 0) is 0 Å². The van der Waals surface area contributed by atoms with Crippen molar-refractivity contribution in [3.05, 3.63) is 28.2 Å². The van der Waals surface area contributed by atoms with Gasteiger partial charge in [0.15, 0.2) is 5.84 Å². The Bertz CT molecular complexity index is 431. The molecule has 1 N–H and O–H groups in total. The topological polar surface area (TPSA) is 80.7 Å². The van der Waals surface area contributed by atoms with Gasteiger partial charge in [0.05, 0.1) is 5.69 Å². The summed E-state index contributed by atoms with van der Waals surface area (Å²) >= 11 is 0. The summed E-state index contributed by atoms with van der Waals surface area (Å²) in [7, 11) is 0. The zero-order chi connectivity index (χ0) is 13.0. The molecule has 0 spiro atoms. The molecule has 0 amide bonds. The van der Waals surface area contributed by atoms with Crippen LogP contribution in [0.1, 0.15) is 12.7 Å². The second-order valence-electron chi connectivity index (χ2n) is 3.32. The van der Waals surface area contributed by atoms with Crippen LogP contribution in [0, 0.1) is 17.0 Å². The number of rotatable bonds is 4. The minimum atomic E-state index is -3.01. The van der Waals surface area contributed by atoms with E-state index in [0.29, 0.717) is 11.4 Å². The van der Waals surface area contributed by atoms with Gasteiger partial charge in [-0.05, 0) is 6.92 Å². The number of amidine groups is 1. The molecule has 8 heteroatoms. The summed E-state index contributed by atoms with van der Waals surface area (Å²) in [5, 5.41) is 13.0. The van der Waals surface area contributed by atoms with E-state index in [1.165, 1.54) is 19.3 Å². The van der Waals surface area contributed by atoms with Gasteiger partial charge in [-0.15, -0.1) is 0 Å². The molecule has 0 saturated heterocycles. The predicted molar refractivity (Wildman–Crippen MR) is 57.0 cm³/mol. The van der Waals surface area contributed by atoms with Crippen LogP contribution in [0.25, 0.3) is 0 Å². The Balaban J connectivity index is 2.88. The minimum absolute atomic E-state index is 0.343. The van der Waals surface area contributed by atoms with Gasteiger partial charge in [0.1, 0.15) is 12.0 Å². The molecule has 1 aromatic rings.